The maximum absolute atomic E-state index is 13.3. The summed E-state index contributed by atoms with van der Waals surface area (Å²) in [5.41, 5.74) is -1.06. The van der Waals surface area contributed by atoms with Crippen molar-refractivity contribution in [3.8, 4) is 0 Å². The summed E-state index contributed by atoms with van der Waals surface area (Å²) in [7, 11) is 1.57. The monoisotopic (exact) mass is 509 g/mol. The van der Waals surface area contributed by atoms with E-state index in [0.29, 0.717) is 37.1 Å². The van der Waals surface area contributed by atoms with Crippen molar-refractivity contribution in [2.45, 2.75) is 16.2 Å². The maximum atomic E-state index is 13.3. The summed E-state index contributed by atoms with van der Waals surface area (Å²) < 4.78 is 46.6. The van der Waals surface area contributed by atoms with E-state index in [0.717, 1.165) is 30.0 Å². The van der Waals surface area contributed by atoms with Crippen LogP contribution < -0.4 is 10.2 Å². The number of carbonyl (C=O) groups excluding carboxylic acids is 1. The number of nitro benzene ring substituents is 1. The molecule has 1 N–H and O–H groups in total. The molecule has 0 spiro atoms. The van der Waals surface area contributed by atoms with Gasteiger partial charge in [-0.15, -0.1) is 5.10 Å². The highest BCUT2D eigenvalue weighted by atomic mass is 32.2. The first kappa shape index (κ1) is 24.4. The summed E-state index contributed by atoms with van der Waals surface area (Å²) in [6.45, 7) is 1.65. The average molecular weight is 509 g/mol. The zero-order valence-corrected chi connectivity index (χ0v) is 19.0. The number of tetrazole rings is 1. The van der Waals surface area contributed by atoms with Crippen LogP contribution in [0.15, 0.2) is 46.5 Å². The van der Waals surface area contributed by atoms with Gasteiger partial charge in [-0.1, -0.05) is 0 Å². The second kappa shape index (κ2) is 9.87. The Labute approximate surface area is 200 Å². The van der Waals surface area contributed by atoms with E-state index in [9.17, 15) is 28.1 Å². The molecule has 0 aliphatic carbocycles. The van der Waals surface area contributed by atoms with Crippen molar-refractivity contribution >= 4 is 34.7 Å². The van der Waals surface area contributed by atoms with Crippen LogP contribution in [0.4, 0.5) is 30.2 Å². The zero-order valence-electron chi connectivity index (χ0n) is 18.2. The Bertz CT molecular complexity index is 1260. The standard InChI is InChI=1S/C20H18F3N7O4S/c1-28-19(25-26-27-28)35-17-5-2-12(10-16(17)30(32)33)18(31)24-14-11-13(20(21,22)23)3-4-15(14)29-6-8-34-9-7-29/h2-5,10-11H,6-9H2,1H3,(H,24,31). The second-order valence-corrected chi connectivity index (χ2v) is 8.42. The molecule has 0 radical (unpaired) electrons. The van der Waals surface area contributed by atoms with Crippen LogP contribution in [-0.4, -0.2) is 57.3 Å². The number of nitrogens with one attached hydrogen (secondary N) is 1. The third kappa shape index (κ3) is 5.51. The van der Waals surface area contributed by atoms with Crippen LogP contribution in [0.1, 0.15) is 15.9 Å². The van der Waals surface area contributed by atoms with Gasteiger partial charge in [-0.2, -0.15) is 13.2 Å². The van der Waals surface area contributed by atoms with Crippen LogP contribution in [0.2, 0.25) is 0 Å². The lowest BCUT2D eigenvalue weighted by molar-refractivity contribution is -0.387. The summed E-state index contributed by atoms with van der Waals surface area (Å²) in [5.74, 6) is -0.793. The van der Waals surface area contributed by atoms with Gasteiger partial charge in [0.1, 0.15) is 0 Å². The smallest absolute Gasteiger partial charge is 0.378 e. The first-order chi connectivity index (χ1) is 16.6. The van der Waals surface area contributed by atoms with Crippen LogP contribution in [0.3, 0.4) is 0 Å². The molecule has 0 bridgehead atoms. The van der Waals surface area contributed by atoms with Gasteiger partial charge in [-0.3, -0.25) is 14.9 Å². The summed E-state index contributed by atoms with van der Waals surface area (Å²) >= 11 is 0.936. The SMILES string of the molecule is Cn1nnnc1Sc1ccc(C(=O)Nc2cc(C(F)(F)F)ccc2N2CCOCC2)cc1[N+](=O)[O-]. The van der Waals surface area contributed by atoms with Gasteiger partial charge in [0.05, 0.1) is 40.0 Å². The minimum Gasteiger partial charge on any atom is -0.378 e. The van der Waals surface area contributed by atoms with Crippen molar-refractivity contribution in [2.24, 2.45) is 7.05 Å². The Balaban J connectivity index is 1.65. The van der Waals surface area contributed by atoms with Crippen molar-refractivity contribution in [3.05, 3.63) is 57.6 Å². The number of hydrogen-bond acceptors (Lipinski definition) is 9. The van der Waals surface area contributed by atoms with Gasteiger partial charge in [0, 0.05) is 31.8 Å². The summed E-state index contributed by atoms with van der Waals surface area (Å²) in [6.07, 6.45) is -4.62. The number of hydrogen-bond donors (Lipinski definition) is 1. The molecule has 15 heteroatoms. The van der Waals surface area contributed by atoms with Gasteiger partial charge in [-0.25, -0.2) is 4.68 Å². The van der Waals surface area contributed by atoms with Gasteiger partial charge in [0.2, 0.25) is 5.16 Å². The molecular formula is C20H18F3N7O4S. The third-order valence-corrected chi connectivity index (χ3v) is 6.22. The molecule has 3 aromatic rings. The van der Waals surface area contributed by atoms with Crippen LogP contribution in [-0.2, 0) is 18.0 Å². The average Bonchev–Trinajstić information content (AvgIpc) is 3.23. The molecule has 1 aromatic heterocycles. The minimum atomic E-state index is -4.62. The van der Waals surface area contributed by atoms with E-state index in [4.69, 9.17) is 4.74 Å². The molecule has 35 heavy (non-hydrogen) atoms. The number of carbonyl (C=O) groups is 1. The largest absolute Gasteiger partial charge is 0.416 e. The molecule has 2 aromatic carbocycles. The predicted molar refractivity (Wildman–Crippen MR) is 118 cm³/mol. The van der Waals surface area contributed by atoms with Gasteiger partial charge in [0.15, 0.2) is 0 Å². The molecule has 184 valence electrons. The van der Waals surface area contributed by atoms with Crippen LogP contribution in [0, 0.1) is 10.1 Å². The number of aryl methyl sites for hydroxylation is 1. The predicted octanol–water partition coefficient (Wildman–Crippen LogP) is 3.38. The molecule has 1 aliphatic heterocycles. The van der Waals surface area contributed by atoms with Crippen LogP contribution in [0.5, 0.6) is 0 Å². The second-order valence-electron chi connectivity index (χ2n) is 7.41. The van der Waals surface area contributed by atoms with E-state index < -0.39 is 22.6 Å². The molecule has 4 rings (SSSR count). The van der Waals surface area contributed by atoms with E-state index >= 15 is 0 Å². The molecule has 0 atom stereocenters. The number of nitrogens with zero attached hydrogens (tertiary/aromatic N) is 6. The summed E-state index contributed by atoms with van der Waals surface area (Å²) in [6, 6.07) is 6.85. The number of alkyl halides is 3. The number of aromatic nitrogens is 4. The van der Waals surface area contributed by atoms with E-state index in [-0.39, 0.29) is 21.8 Å². The van der Waals surface area contributed by atoms with Crippen LogP contribution >= 0.6 is 11.8 Å². The van der Waals surface area contributed by atoms with Gasteiger partial charge < -0.3 is 15.0 Å². The molecule has 0 saturated carbocycles. The number of nitro groups is 1. The maximum Gasteiger partial charge on any atom is 0.416 e. The number of morpholine rings is 1. The molecule has 1 saturated heterocycles. The van der Waals surface area contributed by atoms with Gasteiger partial charge >= 0.3 is 6.18 Å². The van der Waals surface area contributed by atoms with E-state index in [2.05, 4.69) is 20.8 Å². The lowest BCUT2D eigenvalue weighted by Crippen LogP contribution is -2.36. The third-order valence-electron chi connectivity index (χ3n) is 5.12. The first-order valence-corrected chi connectivity index (χ1v) is 11.0. The molecule has 1 fully saturated rings. The van der Waals surface area contributed by atoms with E-state index in [1.165, 1.54) is 22.9 Å². The topological polar surface area (TPSA) is 128 Å². The van der Waals surface area contributed by atoms with Crippen molar-refractivity contribution in [2.75, 3.05) is 36.5 Å². The van der Waals surface area contributed by atoms with Crippen molar-refractivity contribution in [1.29, 1.82) is 0 Å². The Morgan fingerprint density at radius 3 is 2.57 bits per heavy atom. The first-order valence-electron chi connectivity index (χ1n) is 10.2. The lowest BCUT2D eigenvalue weighted by Gasteiger charge is -2.31. The number of ether oxygens (including phenoxy) is 1. The van der Waals surface area contributed by atoms with E-state index in [1.807, 2.05) is 0 Å². The number of rotatable bonds is 6. The summed E-state index contributed by atoms with van der Waals surface area (Å²) in [4.78, 5) is 25.9. The Hall–Kier alpha value is -3.72. The van der Waals surface area contributed by atoms with Crippen molar-refractivity contribution < 1.29 is 27.6 Å². The van der Waals surface area contributed by atoms with Gasteiger partial charge in [-0.05, 0) is 52.5 Å². The molecule has 2 heterocycles. The Kier molecular flexibility index (Phi) is 6.88. The number of amides is 1. The summed E-state index contributed by atoms with van der Waals surface area (Å²) in [5, 5.41) is 25.3. The highest BCUT2D eigenvalue weighted by molar-refractivity contribution is 7.99. The molecule has 0 unspecified atom stereocenters. The van der Waals surface area contributed by atoms with Gasteiger partial charge in [0.25, 0.3) is 11.6 Å². The fraction of sp³-hybridized carbons (Fsp3) is 0.300. The van der Waals surface area contributed by atoms with Crippen molar-refractivity contribution in [3.63, 3.8) is 0 Å². The van der Waals surface area contributed by atoms with Crippen molar-refractivity contribution in [1.82, 2.24) is 20.2 Å². The Morgan fingerprint density at radius 2 is 1.94 bits per heavy atom. The van der Waals surface area contributed by atoms with Crippen LogP contribution in [0.25, 0.3) is 0 Å². The minimum absolute atomic E-state index is 0.0574. The molecular weight excluding hydrogens is 491 g/mol. The van der Waals surface area contributed by atoms with E-state index in [1.54, 1.807) is 11.9 Å². The number of anilines is 2. The highest BCUT2D eigenvalue weighted by Crippen LogP contribution is 2.37. The number of benzene rings is 2. The normalized spacial score (nSPS) is 14.1. The fourth-order valence-corrected chi connectivity index (χ4v) is 4.20. The fourth-order valence-electron chi connectivity index (χ4n) is 3.38. The highest BCUT2D eigenvalue weighted by Gasteiger charge is 2.32. The lowest BCUT2D eigenvalue weighted by atomic mass is 10.1. The molecule has 1 aliphatic rings. The number of halogens is 3. The quantitative estimate of drug-likeness (QED) is 0.393. The molecule has 1 amide bonds. The Morgan fingerprint density at radius 1 is 1.20 bits per heavy atom. The zero-order chi connectivity index (χ0) is 25.2. The molecule has 11 nitrogen and oxygen atoms in total.